The predicted octanol–water partition coefficient (Wildman–Crippen LogP) is 4.24. The summed E-state index contributed by atoms with van der Waals surface area (Å²) in [5.41, 5.74) is 2.27. The number of pyridine rings is 1. The standard InChI is InChI=1S/C22H18F2N4O/c23-16-9-17(24)11-18(10-16)27-22(29)14-5-7-28(8-6-14)21-15(12-25)13-26-20-4-2-1-3-19(20)21/h1-4,9-11,13-14H,5-8H2,(H,27,29). The summed E-state index contributed by atoms with van der Waals surface area (Å²) in [6.45, 7) is 1.19. The quantitative estimate of drug-likeness (QED) is 0.724. The summed E-state index contributed by atoms with van der Waals surface area (Å²) >= 11 is 0. The van der Waals surface area contributed by atoms with Crippen LogP contribution < -0.4 is 10.2 Å². The van der Waals surface area contributed by atoms with Gasteiger partial charge in [0.1, 0.15) is 17.7 Å². The maximum Gasteiger partial charge on any atom is 0.227 e. The number of nitriles is 1. The van der Waals surface area contributed by atoms with Crippen molar-refractivity contribution in [3.63, 3.8) is 0 Å². The van der Waals surface area contributed by atoms with Crippen LogP contribution in [-0.2, 0) is 4.79 Å². The molecule has 1 fully saturated rings. The molecule has 1 aliphatic rings. The Labute approximate surface area is 166 Å². The normalized spacial score (nSPS) is 14.6. The summed E-state index contributed by atoms with van der Waals surface area (Å²) in [6.07, 6.45) is 2.73. The molecule has 1 saturated heterocycles. The Morgan fingerprint density at radius 1 is 1.14 bits per heavy atom. The lowest BCUT2D eigenvalue weighted by Crippen LogP contribution is -2.38. The Balaban J connectivity index is 1.49. The number of amides is 1. The minimum Gasteiger partial charge on any atom is -0.370 e. The number of hydrogen-bond donors (Lipinski definition) is 1. The summed E-state index contributed by atoms with van der Waals surface area (Å²) in [5.74, 6) is -1.99. The molecule has 1 amide bonds. The smallest absolute Gasteiger partial charge is 0.227 e. The third-order valence-corrected chi connectivity index (χ3v) is 5.18. The molecule has 0 aliphatic carbocycles. The zero-order chi connectivity index (χ0) is 20.4. The number of benzene rings is 2. The van der Waals surface area contributed by atoms with Crippen LogP contribution in [0.3, 0.4) is 0 Å². The maximum absolute atomic E-state index is 13.3. The number of carbonyl (C=O) groups is 1. The molecular formula is C22H18F2N4O. The van der Waals surface area contributed by atoms with Gasteiger partial charge in [0.2, 0.25) is 5.91 Å². The van der Waals surface area contributed by atoms with Gasteiger partial charge in [0.15, 0.2) is 0 Å². The van der Waals surface area contributed by atoms with Gasteiger partial charge >= 0.3 is 0 Å². The summed E-state index contributed by atoms with van der Waals surface area (Å²) < 4.78 is 26.7. The van der Waals surface area contributed by atoms with Gasteiger partial charge in [0, 0.05) is 42.3 Å². The SMILES string of the molecule is N#Cc1cnc2ccccc2c1N1CCC(C(=O)Nc2cc(F)cc(F)c2)CC1. The summed E-state index contributed by atoms with van der Waals surface area (Å²) in [4.78, 5) is 19.0. The molecule has 0 radical (unpaired) electrons. The van der Waals surface area contributed by atoms with Crippen LogP contribution in [-0.4, -0.2) is 24.0 Å². The van der Waals surface area contributed by atoms with Gasteiger partial charge in [-0.1, -0.05) is 18.2 Å². The third kappa shape index (κ3) is 3.87. The summed E-state index contributed by atoms with van der Waals surface area (Å²) in [6, 6.07) is 12.8. The molecule has 0 atom stereocenters. The Bertz CT molecular complexity index is 1100. The Morgan fingerprint density at radius 2 is 1.83 bits per heavy atom. The highest BCUT2D eigenvalue weighted by atomic mass is 19.1. The van der Waals surface area contributed by atoms with Crippen LogP contribution in [0.25, 0.3) is 10.9 Å². The summed E-state index contributed by atoms with van der Waals surface area (Å²) in [5, 5.41) is 13.0. The van der Waals surface area contributed by atoms with Crippen molar-refractivity contribution in [3.05, 3.63) is 65.9 Å². The highest BCUT2D eigenvalue weighted by Crippen LogP contribution is 2.32. The van der Waals surface area contributed by atoms with Crippen molar-refractivity contribution >= 4 is 28.2 Å². The molecule has 0 spiro atoms. The zero-order valence-corrected chi connectivity index (χ0v) is 15.5. The number of halogens is 2. The highest BCUT2D eigenvalue weighted by Gasteiger charge is 2.27. The van der Waals surface area contributed by atoms with Crippen LogP contribution in [0.2, 0.25) is 0 Å². The van der Waals surface area contributed by atoms with Crippen LogP contribution in [0, 0.1) is 28.9 Å². The van der Waals surface area contributed by atoms with Crippen molar-refractivity contribution in [2.75, 3.05) is 23.3 Å². The fourth-order valence-electron chi connectivity index (χ4n) is 3.78. The van der Waals surface area contributed by atoms with E-state index in [0.29, 0.717) is 31.5 Å². The lowest BCUT2D eigenvalue weighted by molar-refractivity contribution is -0.120. The number of nitrogens with zero attached hydrogens (tertiary/aromatic N) is 3. The second kappa shape index (κ2) is 7.84. The average Bonchev–Trinajstić information content (AvgIpc) is 2.72. The monoisotopic (exact) mass is 392 g/mol. The van der Waals surface area contributed by atoms with E-state index in [1.54, 1.807) is 6.20 Å². The molecule has 0 saturated carbocycles. The molecule has 146 valence electrons. The topological polar surface area (TPSA) is 69.0 Å². The molecular weight excluding hydrogens is 374 g/mol. The number of anilines is 2. The first-order valence-electron chi connectivity index (χ1n) is 9.35. The van der Waals surface area contributed by atoms with Crippen molar-refractivity contribution in [1.82, 2.24) is 4.98 Å². The molecule has 2 heterocycles. The average molecular weight is 392 g/mol. The van der Waals surface area contributed by atoms with Crippen LogP contribution >= 0.6 is 0 Å². The van der Waals surface area contributed by atoms with E-state index >= 15 is 0 Å². The number of hydrogen-bond acceptors (Lipinski definition) is 4. The van der Waals surface area contributed by atoms with E-state index in [1.165, 1.54) is 0 Å². The molecule has 5 nitrogen and oxygen atoms in total. The largest absolute Gasteiger partial charge is 0.370 e. The van der Waals surface area contributed by atoms with Crippen molar-refractivity contribution in [1.29, 1.82) is 5.26 Å². The van der Waals surface area contributed by atoms with E-state index in [4.69, 9.17) is 0 Å². The number of nitrogens with one attached hydrogen (secondary N) is 1. The predicted molar refractivity (Wildman–Crippen MR) is 106 cm³/mol. The van der Waals surface area contributed by atoms with Crippen LogP contribution in [0.5, 0.6) is 0 Å². The minimum absolute atomic E-state index is 0.113. The number of aromatic nitrogens is 1. The maximum atomic E-state index is 13.3. The summed E-state index contributed by atoms with van der Waals surface area (Å²) in [7, 11) is 0. The fraction of sp³-hybridized carbons (Fsp3) is 0.227. The molecule has 0 unspecified atom stereocenters. The van der Waals surface area contributed by atoms with Crippen molar-refractivity contribution < 1.29 is 13.6 Å². The van der Waals surface area contributed by atoms with E-state index in [-0.39, 0.29) is 17.5 Å². The Kier molecular flexibility index (Phi) is 5.09. The Morgan fingerprint density at radius 3 is 2.52 bits per heavy atom. The number of rotatable bonds is 3. The zero-order valence-electron chi connectivity index (χ0n) is 15.5. The van der Waals surface area contributed by atoms with Gasteiger partial charge in [-0.15, -0.1) is 0 Å². The fourth-order valence-corrected chi connectivity index (χ4v) is 3.78. The first kappa shape index (κ1) is 18.8. The van der Waals surface area contributed by atoms with Gasteiger partial charge in [-0.25, -0.2) is 8.78 Å². The van der Waals surface area contributed by atoms with Gasteiger partial charge in [-0.05, 0) is 31.0 Å². The third-order valence-electron chi connectivity index (χ3n) is 5.18. The first-order chi connectivity index (χ1) is 14.0. The molecule has 7 heteroatoms. The van der Waals surface area contributed by atoms with Crippen molar-refractivity contribution in [3.8, 4) is 6.07 Å². The number of para-hydroxylation sites is 1. The lowest BCUT2D eigenvalue weighted by Gasteiger charge is -2.34. The minimum atomic E-state index is -0.733. The van der Waals surface area contributed by atoms with Crippen molar-refractivity contribution in [2.45, 2.75) is 12.8 Å². The van der Waals surface area contributed by atoms with Gasteiger partial charge < -0.3 is 10.2 Å². The van der Waals surface area contributed by atoms with Crippen LogP contribution in [0.1, 0.15) is 18.4 Å². The number of carbonyl (C=O) groups excluding carboxylic acids is 1. The molecule has 1 aliphatic heterocycles. The molecule has 1 N–H and O–H groups in total. The second-order valence-corrected chi connectivity index (χ2v) is 7.06. The van der Waals surface area contributed by atoms with E-state index in [2.05, 4.69) is 21.3 Å². The van der Waals surface area contributed by atoms with Crippen LogP contribution in [0.15, 0.2) is 48.7 Å². The van der Waals surface area contributed by atoms with E-state index in [9.17, 15) is 18.8 Å². The molecule has 1 aromatic heterocycles. The molecule has 0 bridgehead atoms. The van der Waals surface area contributed by atoms with Gasteiger partial charge in [0.05, 0.1) is 16.8 Å². The van der Waals surface area contributed by atoms with E-state index in [1.807, 2.05) is 24.3 Å². The molecule has 3 aromatic rings. The van der Waals surface area contributed by atoms with E-state index < -0.39 is 11.6 Å². The lowest BCUT2D eigenvalue weighted by atomic mass is 9.94. The second-order valence-electron chi connectivity index (χ2n) is 7.06. The highest BCUT2D eigenvalue weighted by molar-refractivity contribution is 5.95. The molecule has 29 heavy (non-hydrogen) atoms. The van der Waals surface area contributed by atoms with Crippen LogP contribution in [0.4, 0.5) is 20.2 Å². The number of fused-ring (bicyclic) bond motifs is 1. The molecule has 4 rings (SSSR count). The first-order valence-corrected chi connectivity index (χ1v) is 9.35. The number of piperidine rings is 1. The van der Waals surface area contributed by atoms with Gasteiger partial charge in [-0.2, -0.15) is 5.26 Å². The Hall–Kier alpha value is -3.53. The van der Waals surface area contributed by atoms with Crippen molar-refractivity contribution in [2.24, 2.45) is 5.92 Å². The van der Waals surface area contributed by atoms with E-state index in [0.717, 1.165) is 34.8 Å². The van der Waals surface area contributed by atoms with Gasteiger partial charge in [-0.3, -0.25) is 9.78 Å². The molecule has 2 aromatic carbocycles. The van der Waals surface area contributed by atoms with Gasteiger partial charge in [0.25, 0.3) is 0 Å².